The SMILES string of the molecule is O=C(NCCC1CCOC1)NC(C(=O)O)C1CCCCC1. The van der Waals surface area contributed by atoms with Gasteiger partial charge < -0.3 is 20.5 Å². The van der Waals surface area contributed by atoms with Gasteiger partial charge in [-0.25, -0.2) is 9.59 Å². The molecule has 0 aromatic rings. The van der Waals surface area contributed by atoms with Crippen LogP contribution >= 0.6 is 0 Å². The lowest BCUT2D eigenvalue weighted by atomic mass is 9.84. The molecule has 21 heavy (non-hydrogen) atoms. The van der Waals surface area contributed by atoms with E-state index in [1.54, 1.807) is 0 Å². The molecule has 2 fully saturated rings. The van der Waals surface area contributed by atoms with Crippen molar-refractivity contribution in [2.24, 2.45) is 11.8 Å². The normalized spacial score (nSPS) is 24.5. The third-order valence-corrected chi connectivity index (χ3v) is 4.54. The van der Waals surface area contributed by atoms with Crippen LogP contribution in [0.25, 0.3) is 0 Å². The van der Waals surface area contributed by atoms with Gasteiger partial charge in [-0.3, -0.25) is 0 Å². The zero-order chi connectivity index (χ0) is 15.1. The number of ether oxygens (including phenoxy) is 1. The average molecular weight is 298 g/mol. The molecule has 0 aromatic carbocycles. The summed E-state index contributed by atoms with van der Waals surface area (Å²) in [5, 5.41) is 14.7. The van der Waals surface area contributed by atoms with Crippen molar-refractivity contribution in [3.63, 3.8) is 0 Å². The molecule has 0 radical (unpaired) electrons. The van der Waals surface area contributed by atoms with Gasteiger partial charge in [0, 0.05) is 19.8 Å². The third kappa shape index (κ3) is 5.19. The number of rotatable bonds is 6. The van der Waals surface area contributed by atoms with Gasteiger partial charge in [0.2, 0.25) is 0 Å². The van der Waals surface area contributed by atoms with Crippen molar-refractivity contribution in [1.29, 1.82) is 0 Å². The maximum atomic E-state index is 11.9. The number of urea groups is 1. The van der Waals surface area contributed by atoms with Crippen LogP contribution in [0, 0.1) is 11.8 Å². The van der Waals surface area contributed by atoms with Crippen LogP contribution < -0.4 is 10.6 Å². The fourth-order valence-corrected chi connectivity index (χ4v) is 3.24. The molecule has 2 aliphatic rings. The highest BCUT2D eigenvalue weighted by Crippen LogP contribution is 2.26. The Bertz CT molecular complexity index is 350. The van der Waals surface area contributed by atoms with Crippen LogP contribution in [0.5, 0.6) is 0 Å². The van der Waals surface area contributed by atoms with Crippen molar-refractivity contribution >= 4 is 12.0 Å². The molecule has 0 bridgehead atoms. The first-order valence-electron chi connectivity index (χ1n) is 8.01. The first-order chi connectivity index (χ1) is 10.2. The number of nitrogens with one attached hydrogen (secondary N) is 2. The second-order valence-corrected chi connectivity index (χ2v) is 6.13. The number of carbonyl (C=O) groups excluding carboxylic acids is 1. The van der Waals surface area contributed by atoms with Gasteiger partial charge >= 0.3 is 12.0 Å². The summed E-state index contributed by atoms with van der Waals surface area (Å²) in [5.74, 6) is -0.356. The zero-order valence-electron chi connectivity index (χ0n) is 12.5. The quantitative estimate of drug-likeness (QED) is 0.697. The first kappa shape index (κ1) is 16.1. The molecule has 1 saturated carbocycles. The van der Waals surface area contributed by atoms with E-state index in [4.69, 9.17) is 4.74 Å². The van der Waals surface area contributed by atoms with E-state index in [1.165, 1.54) is 6.42 Å². The van der Waals surface area contributed by atoms with Crippen LogP contribution in [0.4, 0.5) is 4.79 Å². The van der Waals surface area contributed by atoms with Crippen LogP contribution in [0.1, 0.15) is 44.9 Å². The Balaban J connectivity index is 1.71. The van der Waals surface area contributed by atoms with Crippen LogP contribution in [-0.4, -0.2) is 42.9 Å². The van der Waals surface area contributed by atoms with Gasteiger partial charge in [-0.15, -0.1) is 0 Å². The molecule has 2 unspecified atom stereocenters. The molecule has 2 rings (SSSR count). The average Bonchev–Trinajstić information content (AvgIpc) is 2.98. The van der Waals surface area contributed by atoms with E-state index >= 15 is 0 Å². The van der Waals surface area contributed by atoms with Crippen molar-refractivity contribution < 1.29 is 19.4 Å². The number of carboxylic acids is 1. The fraction of sp³-hybridized carbons (Fsp3) is 0.867. The summed E-state index contributed by atoms with van der Waals surface area (Å²) in [7, 11) is 0. The molecule has 1 saturated heterocycles. The summed E-state index contributed by atoms with van der Waals surface area (Å²) in [6.45, 7) is 2.14. The van der Waals surface area contributed by atoms with Crippen molar-refractivity contribution in [3.8, 4) is 0 Å². The number of hydrogen-bond donors (Lipinski definition) is 3. The largest absolute Gasteiger partial charge is 0.480 e. The molecule has 6 heteroatoms. The Hall–Kier alpha value is -1.30. The minimum Gasteiger partial charge on any atom is -0.480 e. The van der Waals surface area contributed by atoms with Crippen LogP contribution in [0.3, 0.4) is 0 Å². The van der Waals surface area contributed by atoms with Crippen molar-refractivity contribution in [2.45, 2.75) is 51.0 Å². The Morgan fingerprint density at radius 3 is 2.57 bits per heavy atom. The fourth-order valence-electron chi connectivity index (χ4n) is 3.24. The maximum Gasteiger partial charge on any atom is 0.326 e. The maximum absolute atomic E-state index is 11.9. The lowest BCUT2D eigenvalue weighted by molar-refractivity contribution is -0.141. The summed E-state index contributed by atoms with van der Waals surface area (Å²) >= 11 is 0. The molecular weight excluding hydrogens is 272 g/mol. The van der Waals surface area contributed by atoms with Crippen LogP contribution in [0.15, 0.2) is 0 Å². The minimum atomic E-state index is -0.929. The summed E-state index contributed by atoms with van der Waals surface area (Å²) < 4.78 is 5.28. The topological polar surface area (TPSA) is 87.7 Å². The van der Waals surface area contributed by atoms with Gasteiger partial charge in [-0.2, -0.15) is 0 Å². The minimum absolute atomic E-state index is 0.0604. The van der Waals surface area contributed by atoms with Crippen molar-refractivity contribution in [3.05, 3.63) is 0 Å². The molecule has 2 atom stereocenters. The van der Waals surface area contributed by atoms with E-state index < -0.39 is 12.0 Å². The van der Waals surface area contributed by atoms with Gasteiger partial charge in [0.1, 0.15) is 6.04 Å². The van der Waals surface area contributed by atoms with Gasteiger partial charge in [0.25, 0.3) is 0 Å². The number of aliphatic carboxylic acids is 1. The van der Waals surface area contributed by atoms with E-state index in [0.717, 1.165) is 51.7 Å². The van der Waals surface area contributed by atoms with E-state index in [2.05, 4.69) is 10.6 Å². The van der Waals surface area contributed by atoms with E-state index in [-0.39, 0.29) is 11.9 Å². The second kappa shape index (κ2) is 8.22. The molecule has 1 aliphatic carbocycles. The van der Waals surface area contributed by atoms with E-state index in [9.17, 15) is 14.7 Å². The lowest BCUT2D eigenvalue weighted by Crippen LogP contribution is -2.50. The van der Waals surface area contributed by atoms with Gasteiger partial charge in [-0.1, -0.05) is 19.3 Å². The predicted octanol–water partition coefficient (Wildman–Crippen LogP) is 1.75. The molecule has 1 heterocycles. The Labute approximate surface area is 125 Å². The first-order valence-corrected chi connectivity index (χ1v) is 8.01. The van der Waals surface area contributed by atoms with Gasteiger partial charge in [-0.05, 0) is 37.5 Å². The summed E-state index contributed by atoms with van der Waals surface area (Å²) in [4.78, 5) is 23.2. The molecule has 6 nitrogen and oxygen atoms in total. The molecule has 120 valence electrons. The number of hydrogen-bond acceptors (Lipinski definition) is 3. The van der Waals surface area contributed by atoms with Gasteiger partial charge in [0.15, 0.2) is 0 Å². The second-order valence-electron chi connectivity index (χ2n) is 6.13. The molecule has 3 N–H and O–H groups in total. The molecule has 0 aromatic heterocycles. The summed E-state index contributed by atoms with van der Waals surface area (Å²) in [6.07, 6.45) is 6.97. The summed E-state index contributed by atoms with van der Waals surface area (Å²) in [5.41, 5.74) is 0. The molecule has 1 aliphatic heterocycles. The van der Waals surface area contributed by atoms with Crippen LogP contribution in [0.2, 0.25) is 0 Å². The Kier molecular flexibility index (Phi) is 6.29. The van der Waals surface area contributed by atoms with Gasteiger partial charge in [0.05, 0.1) is 0 Å². The van der Waals surface area contributed by atoms with Crippen molar-refractivity contribution in [1.82, 2.24) is 10.6 Å². The summed E-state index contributed by atoms with van der Waals surface area (Å²) in [6, 6.07) is -1.13. The molecule has 0 spiro atoms. The van der Waals surface area contributed by atoms with E-state index in [0.29, 0.717) is 12.5 Å². The molecule has 2 amide bonds. The number of carboxylic acid groups (broad SMARTS) is 1. The third-order valence-electron chi connectivity index (χ3n) is 4.54. The lowest BCUT2D eigenvalue weighted by Gasteiger charge is -2.28. The Morgan fingerprint density at radius 1 is 1.19 bits per heavy atom. The van der Waals surface area contributed by atoms with E-state index in [1.807, 2.05) is 0 Å². The molecular formula is C15H26N2O4. The highest BCUT2D eigenvalue weighted by Gasteiger charge is 2.30. The highest BCUT2D eigenvalue weighted by molar-refractivity contribution is 5.82. The Morgan fingerprint density at radius 2 is 1.95 bits per heavy atom. The predicted molar refractivity (Wildman–Crippen MR) is 78.1 cm³/mol. The standard InChI is InChI=1S/C15H26N2O4/c18-14(19)13(12-4-2-1-3-5-12)17-15(20)16-8-6-11-7-9-21-10-11/h11-13H,1-10H2,(H,18,19)(H2,16,17,20). The highest BCUT2D eigenvalue weighted by atomic mass is 16.5. The number of amides is 2. The zero-order valence-corrected chi connectivity index (χ0v) is 12.5. The van der Waals surface area contributed by atoms with Crippen LogP contribution in [-0.2, 0) is 9.53 Å². The van der Waals surface area contributed by atoms with Crippen molar-refractivity contribution in [2.75, 3.05) is 19.8 Å². The monoisotopic (exact) mass is 298 g/mol. The smallest absolute Gasteiger partial charge is 0.326 e. The number of carbonyl (C=O) groups is 2.